The Hall–Kier alpha value is -3.63. The third-order valence-electron chi connectivity index (χ3n) is 4.47. The van der Waals surface area contributed by atoms with Crippen LogP contribution >= 0.6 is 11.3 Å². The van der Waals surface area contributed by atoms with Crippen LogP contribution in [0.4, 0.5) is 5.69 Å². The van der Waals surface area contributed by atoms with Crippen LogP contribution in [0.15, 0.2) is 53.5 Å². The van der Waals surface area contributed by atoms with E-state index in [0.717, 1.165) is 10.2 Å². The second-order valence-corrected chi connectivity index (χ2v) is 7.55. The fourth-order valence-corrected chi connectivity index (χ4v) is 4.06. The summed E-state index contributed by atoms with van der Waals surface area (Å²) in [5, 5.41) is 10.9. The average Bonchev–Trinajstić information content (AvgIpc) is 3.13. The smallest absolute Gasteiger partial charge is 0.337 e. The van der Waals surface area contributed by atoms with Crippen molar-refractivity contribution < 1.29 is 24.0 Å². The van der Waals surface area contributed by atoms with Crippen molar-refractivity contribution >= 4 is 45.2 Å². The highest BCUT2D eigenvalue weighted by Gasteiger charge is 2.12. The SMILES string of the molecule is CCOCCn1c(=NC(=O)/C=C/c2cccc([N+](=O)[O-])c2)sc2cc(C(=O)OC)ccc21. The highest BCUT2D eigenvalue weighted by Crippen LogP contribution is 2.20. The van der Waals surface area contributed by atoms with Crippen molar-refractivity contribution in [1.29, 1.82) is 0 Å². The molecule has 10 heteroatoms. The van der Waals surface area contributed by atoms with Gasteiger partial charge in [0.05, 0.1) is 34.4 Å². The summed E-state index contributed by atoms with van der Waals surface area (Å²) in [5.74, 6) is -0.961. The maximum atomic E-state index is 12.5. The minimum atomic E-state index is -0.513. The van der Waals surface area contributed by atoms with Gasteiger partial charge in [-0.15, -0.1) is 0 Å². The molecule has 0 spiro atoms. The molecule has 2 aromatic carbocycles. The first kappa shape index (κ1) is 23.0. The molecule has 1 aromatic heterocycles. The van der Waals surface area contributed by atoms with Crippen LogP contribution in [0.3, 0.4) is 0 Å². The molecule has 3 aromatic rings. The first-order valence-electron chi connectivity index (χ1n) is 9.73. The first-order valence-corrected chi connectivity index (χ1v) is 10.5. The number of nitro benzene ring substituents is 1. The molecule has 3 rings (SSSR count). The third kappa shape index (κ3) is 5.54. The van der Waals surface area contributed by atoms with Crippen LogP contribution in [-0.4, -0.2) is 41.7 Å². The first-order chi connectivity index (χ1) is 15.4. The number of amides is 1. The summed E-state index contributed by atoms with van der Waals surface area (Å²) in [4.78, 5) is 39.4. The molecule has 0 unspecified atom stereocenters. The number of aromatic nitrogens is 1. The second-order valence-electron chi connectivity index (χ2n) is 6.54. The van der Waals surface area contributed by atoms with E-state index in [-0.39, 0.29) is 5.69 Å². The predicted octanol–water partition coefficient (Wildman–Crippen LogP) is 3.57. The number of nitro groups is 1. The molecule has 0 aliphatic heterocycles. The lowest BCUT2D eigenvalue weighted by Gasteiger charge is -2.05. The van der Waals surface area contributed by atoms with Gasteiger partial charge in [0.25, 0.3) is 11.6 Å². The molecule has 0 saturated carbocycles. The highest BCUT2D eigenvalue weighted by atomic mass is 32.1. The number of ether oxygens (including phenoxy) is 2. The van der Waals surface area contributed by atoms with Crippen molar-refractivity contribution in [3.63, 3.8) is 0 Å². The molecule has 0 radical (unpaired) electrons. The van der Waals surface area contributed by atoms with Crippen LogP contribution in [0, 0.1) is 10.1 Å². The molecule has 0 saturated heterocycles. The molecule has 0 aliphatic rings. The largest absolute Gasteiger partial charge is 0.465 e. The number of hydrogen-bond donors (Lipinski definition) is 0. The van der Waals surface area contributed by atoms with Gasteiger partial charge in [-0.1, -0.05) is 23.5 Å². The second kappa shape index (κ2) is 10.6. The van der Waals surface area contributed by atoms with Gasteiger partial charge < -0.3 is 14.0 Å². The fourth-order valence-electron chi connectivity index (χ4n) is 2.96. The molecule has 0 N–H and O–H groups in total. The molecular formula is C22H21N3O6S. The van der Waals surface area contributed by atoms with Gasteiger partial charge in [-0.25, -0.2) is 4.79 Å². The van der Waals surface area contributed by atoms with Crippen LogP contribution in [-0.2, 0) is 20.8 Å². The predicted molar refractivity (Wildman–Crippen MR) is 120 cm³/mol. The zero-order valence-electron chi connectivity index (χ0n) is 17.5. The van der Waals surface area contributed by atoms with Gasteiger partial charge in [0, 0.05) is 31.4 Å². The van der Waals surface area contributed by atoms with Crippen LogP contribution in [0.25, 0.3) is 16.3 Å². The molecule has 0 atom stereocenters. The molecule has 1 heterocycles. The van der Waals surface area contributed by atoms with E-state index in [1.54, 1.807) is 30.3 Å². The molecular weight excluding hydrogens is 434 g/mol. The van der Waals surface area contributed by atoms with Crippen molar-refractivity contribution in [2.75, 3.05) is 20.3 Å². The lowest BCUT2D eigenvalue weighted by molar-refractivity contribution is -0.384. The Morgan fingerprint density at radius 1 is 1.25 bits per heavy atom. The van der Waals surface area contributed by atoms with Crippen molar-refractivity contribution in [3.8, 4) is 0 Å². The average molecular weight is 455 g/mol. The minimum absolute atomic E-state index is 0.0591. The summed E-state index contributed by atoms with van der Waals surface area (Å²) in [7, 11) is 1.32. The topological polar surface area (TPSA) is 113 Å². The van der Waals surface area contributed by atoms with Gasteiger partial charge in [-0.05, 0) is 36.8 Å². The number of rotatable bonds is 8. The third-order valence-corrected chi connectivity index (χ3v) is 5.51. The molecule has 0 aliphatic carbocycles. The van der Waals surface area contributed by atoms with E-state index in [4.69, 9.17) is 9.47 Å². The Morgan fingerprint density at radius 2 is 2.06 bits per heavy atom. The van der Waals surface area contributed by atoms with E-state index in [0.29, 0.717) is 35.7 Å². The summed E-state index contributed by atoms with van der Waals surface area (Å²) < 4.78 is 12.9. The number of thiazole rings is 1. The van der Waals surface area contributed by atoms with Crippen LogP contribution in [0.1, 0.15) is 22.8 Å². The van der Waals surface area contributed by atoms with Crippen molar-refractivity contribution in [1.82, 2.24) is 4.57 Å². The number of non-ortho nitro benzene ring substituents is 1. The van der Waals surface area contributed by atoms with Crippen LogP contribution < -0.4 is 4.80 Å². The molecule has 0 fully saturated rings. The number of carbonyl (C=O) groups excluding carboxylic acids is 2. The summed E-state index contributed by atoms with van der Waals surface area (Å²) in [6.07, 6.45) is 2.74. The lowest BCUT2D eigenvalue weighted by Crippen LogP contribution is -2.19. The zero-order chi connectivity index (χ0) is 23.1. The van der Waals surface area contributed by atoms with Gasteiger partial charge in [0.2, 0.25) is 0 Å². The maximum Gasteiger partial charge on any atom is 0.337 e. The number of nitrogens with zero attached hydrogens (tertiary/aromatic N) is 3. The summed E-state index contributed by atoms with van der Waals surface area (Å²) in [5.41, 5.74) is 1.68. The lowest BCUT2D eigenvalue weighted by atomic mass is 10.2. The Morgan fingerprint density at radius 3 is 2.78 bits per heavy atom. The quantitative estimate of drug-likeness (QED) is 0.169. The number of methoxy groups -OCH3 is 1. The summed E-state index contributed by atoms with van der Waals surface area (Å²) in [6, 6.07) is 11.1. The minimum Gasteiger partial charge on any atom is -0.465 e. The van der Waals surface area contributed by atoms with Gasteiger partial charge in [-0.3, -0.25) is 14.9 Å². The molecule has 166 valence electrons. The maximum absolute atomic E-state index is 12.5. The summed E-state index contributed by atoms with van der Waals surface area (Å²) in [6.45, 7) is 3.37. The van der Waals surface area contributed by atoms with E-state index < -0.39 is 16.8 Å². The van der Waals surface area contributed by atoms with E-state index >= 15 is 0 Å². The Kier molecular flexibility index (Phi) is 7.63. The van der Waals surface area contributed by atoms with Crippen LogP contribution in [0.5, 0.6) is 0 Å². The van der Waals surface area contributed by atoms with Gasteiger partial charge >= 0.3 is 5.97 Å². The fraction of sp³-hybridized carbons (Fsp3) is 0.227. The van der Waals surface area contributed by atoms with Gasteiger partial charge in [-0.2, -0.15) is 4.99 Å². The number of fused-ring (bicyclic) bond motifs is 1. The number of benzene rings is 2. The monoisotopic (exact) mass is 455 g/mol. The number of carbonyl (C=O) groups is 2. The summed E-state index contributed by atoms with van der Waals surface area (Å²) >= 11 is 1.27. The van der Waals surface area contributed by atoms with E-state index in [2.05, 4.69) is 4.99 Å². The van der Waals surface area contributed by atoms with Crippen LogP contribution in [0.2, 0.25) is 0 Å². The van der Waals surface area contributed by atoms with E-state index in [1.165, 1.54) is 42.7 Å². The Labute approximate surface area is 187 Å². The Balaban J connectivity index is 1.96. The molecule has 1 amide bonds. The molecule has 0 bridgehead atoms. The standard InChI is InChI=1S/C22H21N3O6S/c1-3-31-12-11-24-18-9-8-16(21(27)30-2)14-19(18)32-22(24)23-20(26)10-7-15-5-4-6-17(13-15)25(28)29/h4-10,13-14H,3,11-12H2,1-2H3/b10-7+,23-22?. The van der Waals surface area contributed by atoms with Crippen molar-refractivity contribution in [2.45, 2.75) is 13.5 Å². The number of esters is 1. The molecule has 9 nitrogen and oxygen atoms in total. The van der Waals surface area contributed by atoms with Crippen molar-refractivity contribution in [2.24, 2.45) is 4.99 Å². The van der Waals surface area contributed by atoms with Crippen molar-refractivity contribution in [3.05, 3.63) is 74.6 Å². The normalized spacial score (nSPS) is 11.9. The highest BCUT2D eigenvalue weighted by molar-refractivity contribution is 7.16. The van der Waals surface area contributed by atoms with Gasteiger partial charge in [0.1, 0.15) is 0 Å². The van der Waals surface area contributed by atoms with E-state index in [9.17, 15) is 19.7 Å². The van der Waals surface area contributed by atoms with Gasteiger partial charge in [0.15, 0.2) is 4.80 Å². The molecule has 32 heavy (non-hydrogen) atoms. The zero-order valence-corrected chi connectivity index (χ0v) is 18.3. The Bertz CT molecular complexity index is 1260. The van der Waals surface area contributed by atoms with E-state index in [1.807, 2.05) is 11.5 Å². The number of hydrogen-bond acceptors (Lipinski definition) is 7.